The summed E-state index contributed by atoms with van der Waals surface area (Å²) in [5.41, 5.74) is 0. The van der Waals surface area contributed by atoms with Gasteiger partial charge in [-0.05, 0) is 40.2 Å². The Hall–Kier alpha value is -1.47. The second-order valence-electron chi connectivity index (χ2n) is 3.53. The van der Waals surface area contributed by atoms with Crippen LogP contribution >= 0.6 is 15.9 Å². The molecule has 7 heteroatoms. The lowest BCUT2D eigenvalue weighted by Crippen LogP contribution is -1.97. The summed E-state index contributed by atoms with van der Waals surface area (Å²) in [4.78, 5) is 8.13. The van der Waals surface area contributed by atoms with Crippen molar-refractivity contribution in [2.75, 3.05) is 6.26 Å². The fourth-order valence-electron chi connectivity index (χ4n) is 1.21. The first-order chi connectivity index (χ1) is 8.45. The minimum absolute atomic E-state index is 0.199. The first-order valence-electron chi connectivity index (χ1n) is 4.91. The Labute approximate surface area is 113 Å². The molecule has 1 aromatic heterocycles. The fraction of sp³-hybridized carbons (Fsp3) is 0.0909. The number of nitrogens with zero attached hydrogens (tertiary/aromatic N) is 2. The van der Waals surface area contributed by atoms with Gasteiger partial charge in [0.05, 0.1) is 9.37 Å². The molecule has 0 bridgehead atoms. The van der Waals surface area contributed by atoms with Gasteiger partial charge in [-0.25, -0.2) is 18.4 Å². The lowest BCUT2D eigenvalue weighted by molar-refractivity contribution is 0.441. The van der Waals surface area contributed by atoms with Crippen molar-refractivity contribution >= 4 is 25.8 Å². The van der Waals surface area contributed by atoms with Crippen LogP contribution in [0, 0.1) is 0 Å². The maximum Gasteiger partial charge on any atom is 0.321 e. The molecule has 0 aliphatic carbocycles. The van der Waals surface area contributed by atoms with Crippen molar-refractivity contribution in [3.05, 3.63) is 41.1 Å². The Kier molecular flexibility index (Phi) is 3.63. The molecule has 0 fully saturated rings. The molecule has 5 nitrogen and oxygen atoms in total. The molecule has 18 heavy (non-hydrogen) atoms. The number of benzene rings is 1. The predicted molar refractivity (Wildman–Crippen MR) is 69.4 cm³/mol. The van der Waals surface area contributed by atoms with Crippen molar-refractivity contribution < 1.29 is 13.2 Å². The smallest absolute Gasteiger partial charge is 0.321 e. The van der Waals surface area contributed by atoms with Crippen LogP contribution in [0.2, 0.25) is 0 Å². The molecule has 2 rings (SSSR count). The topological polar surface area (TPSA) is 69.2 Å². The summed E-state index contributed by atoms with van der Waals surface area (Å²) in [5, 5.41) is 0. The van der Waals surface area contributed by atoms with Gasteiger partial charge in [-0.2, -0.15) is 0 Å². The van der Waals surface area contributed by atoms with Gasteiger partial charge in [0.2, 0.25) is 0 Å². The maximum atomic E-state index is 11.3. The van der Waals surface area contributed by atoms with Crippen molar-refractivity contribution in [1.29, 1.82) is 0 Å². The van der Waals surface area contributed by atoms with E-state index in [4.69, 9.17) is 4.74 Å². The van der Waals surface area contributed by atoms with Crippen LogP contribution in [0.3, 0.4) is 0 Å². The van der Waals surface area contributed by atoms with Crippen molar-refractivity contribution in [2.24, 2.45) is 0 Å². The highest BCUT2D eigenvalue weighted by Gasteiger charge is 2.07. The largest absolute Gasteiger partial charge is 0.424 e. The number of rotatable bonds is 3. The summed E-state index contributed by atoms with van der Waals surface area (Å²) >= 11 is 3.21. The van der Waals surface area contributed by atoms with E-state index in [1.54, 1.807) is 24.5 Å². The zero-order valence-electron chi connectivity index (χ0n) is 9.37. The molecular formula is C11H9BrN2O3S. The molecule has 1 heterocycles. The van der Waals surface area contributed by atoms with Crippen LogP contribution in [0.25, 0.3) is 0 Å². The highest BCUT2D eigenvalue weighted by atomic mass is 79.9. The predicted octanol–water partition coefficient (Wildman–Crippen LogP) is 2.43. The molecule has 0 aliphatic heterocycles. The second kappa shape index (κ2) is 5.03. The highest BCUT2D eigenvalue weighted by molar-refractivity contribution is 9.10. The normalized spacial score (nSPS) is 11.2. The molecule has 1 aromatic carbocycles. The van der Waals surface area contributed by atoms with Gasteiger partial charge in [-0.3, -0.25) is 0 Å². The third-order valence-electron chi connectivity index (χ3n) is 2.06. The van der Waals surface area contributed by atoms with Crippen LogP contribution < -0.4 is 4.74 Å². The minimum Gasteiger partial charge on any atom is -0.424 e. The quantitative estimate of drug-likeness (QED) is 0.865. The second-order valence-corrected chi connectivity index (χ2v) is 6.46. The molecule has 0 saturated heterocycles. The maximum absolute atomic E-state index is 11.3. The number of ether oxygens (including phenoxy) is 1. The van der Waals surface area contributed by atoms with Crippen molar-refractivity contribution in [1.82, 2.24) is 9.97 Å². The van der Waals surface area contributed by atoms with Crippen LogP contribution in [0.15, 0.2) is 46.0 Å². The molecule has 2 aromatic rings. The van der Waals surface area contributed by atoms with Crippen molar-refractivity contribution in [2.45, 2.75) is 4.90 Å². The van der Waals surface area contributed by atoms with Gasteiger partial charge in [-0.1, -0.05) is 0 Å². The minimum atomic E-state index is -3.19. The van der Waals surface area contributed by atoms with Crippen molar-refractivity contribution in [3.8, 4) is 11.8 Å². The van der Waals surface area contributed by atoms with Crippen LogP contribution in [0.1, 0.15) is 0 Å². The van der Waals surface area contributed by atoms with E-state index >= 15 is 0 Å². The Morgan fingerprint density at radius 2 is 1.67 bits per heavy atom. The number of sulfone groups is 1. The summed E-state index contributed by atoms with van der Waals surface area (Å²) in [6.07, 6.45) is 4.28. The van der Waals surface area contributed by atoms with Gasteiger partial charge < -0.3 is 4.74 Å². The van der Waals surface area contributed by atoms with E-state index in [1.807, 2.05) is 0 Å². The first kappa shape index (κ1) is 13.0. The molecule has 94 valence electrons. The number of hydrogen-bond donors (Lipinski definition) is 0. The van der Waals surface area contributed by atoms with Crippen LogP contribution in [0.4, 0.5) is 0 Å². The Bertz CT molecular complexity index is 639. The van der Waals surface area contributed by atoms with E-state index < -0.39 is 9.84 Å². The number of hydrogen-bond acceptors (Lipinski definition) is 5. The zero-order chi connectivity index (χ0) is 13.2. The van der Waals surface area contributed by atoms with Crippen LogP contribution in [0.5, 0.6) is 11.8 Å². The highest BCUT2D eigenvalue weighted by Crippen LogP contribution is 2.20. The van der Waals surface area contributed by atoms with Crippen molar-refractivity contribution in [3.63, 3.8) is 0 Å². The number of aromatic nitrogens is 2. The lowest BCUT2D eigenvalue weighted by Gasteiger charge is -2.04. The van der Waals surface area contributed by atoms with Gasteiger partial charge in [0.15, 0.2) is 9.84 Å². The third-order valence-corrected chi connectivity index (χ3v) is 3.60. The zero-order valence-corrected chi connectivity index (χ0v) is 11.8. The molecule has 0 unspecified atom stereocenters. The first-order valence-corrected chi connectivity index (χ1v) is 7.59. The molecule has 0 aliphatic rings. The summed E-state index contributed by atoms with van der Waals surface area (Å²) < 4.78 is 28.7. The molecule has 0 spiro atoms. The summed E-state index contributed by atoms with van der Waals surface area (Å²) in [5.74, 6) is 0.477. The fourth-order valence-corrected chi connectivity index (χ4v) is 2.05. The number of halogens is 1. The van der Waals surface area contributed by atoms with Gasteiger partial charge in [0.1, 0.15) is 5.75 Å². The van der Waals surface area contributed by atoms with E-state index in [9.17, 15) is 8.42 Å². The van der Waals surface area contributed by atoms with E-state index in [0.717, 1.165) is 10.7 Å². The molecule has 0 N–H and O–H groups in total. The molecule has 0 saturated carbocycles. The van der Waals surface area contributed by atoms with Gasteiger partial charge in [-0.15, -0.1) is 0 Å². The monoisotopic (exact) mass is 328 g/mol. The average molecular weight is 329 g/mol. The Balaban J connectivity index is 2.18. The van der Waals surface area contributed by atoms with E-state index in [-0.39, 0.29) is 10.9 Å². The standard InChI is InChI=1S/C11H9BrN2O3S/c1-18(15,16)10-4-2-9(3-5-10)17-11-13-6-8(12)7-14-11/h2-7H,1H3. The van der Waals surface area contributed by atoms with Gasteiger partial charge >= 0.3 is 6.01 Å². The molecular weight excluding hydrogens is 320 g/mol. The SMILES string of the molecule is CS(=O)(=O)c1ccc(Oc2ncc(Br)cn2)cc1. The average Bonchev–Trinajstić information content (AvgIpc) is 2.32. The third kappa shape index (κ3) is 3.27. The molecule has 0 radical (unpaired) electrons. The molecule has 0 amide bonds. The summed E-state index contributed by atoms with van der Waals surface area (Å²) in [6, 6.07) is 6.27. The van der Waals surface area contributed by atoms with Crippen LogP contribution in [-0.2, 0) is 9.84 Å². The Morgan fingerprint density at radius 1 is 1.11 bits per heavy atom. The van der Waals surface area contributed by atoms with E-state index in [2.05, 4.69) is 25.9 Å². The Morgan fingerprint density at radius 3 is 2.17 bits per heavy atom. The molecule has 0 atom stereocenters. The summed E-state index contributed by atoms with van der Waals surface area (Å²) in [6.45, 7) is 0. The summed E-state index contributed by atoms with van der Waals surface area (Å²) in [7, 11) is -3.19. The van der Waals surface area contributed by atoms with E-state index in [1.165, 1.54) is 12.1 Å². The van der Waals surface area contributed by atoms with Gasteiger partial charge in [0, 0.05) is 18.6 Å². The van der Waals surface area contributed by atoms with Crippen LogP contribution in [-0.4, -0.2) is 24.6 Å². The van der Waals surface area contributed by atoms with Gasteiger partial charge in [0.25, 0.3) is 0 Å². The van der Waals surface area contributed by atoms with E-state index in [0.29, 0.717) is 5.75 Å². The lowest BCUT2D eigenvalue weighted by atomic mass is 10.3.